The van der Waals surface area contributed by atoms with Gasteiger partial charge in [0.05, 0.1) is 23.9 Å². The van der Waals surface area contributed by atoms with E-state index in [1.807, 2.05) is 13.8 Å². The molecule has 34 heavy (non-hydrogen) atoms. The number of aliphatic hydroxyl groups is 2. The van der Waals surface area contributed by atoms with Crippen LogP contribution in [0.5, 0.6) is 5.88 Å². The van der Waals surface area contributed by atoms with Gasteiger partial charge in [-0.1, -0.05) is 13.8 Å². The summed E-state index contributed by atoms with van der Waals surface area (Å²) in [7, 11) is 0. The van der Waals surface area contributed by atoms with Crippen molar-refractivity contribution in [3.05, 3.63) is 17.8 Å². The number of carbonyl (C=O) groups excluding carboxylic acids is 2. The Morgan fingerprint density at radius 2 is 1.97 bits per heavy atom. The van der Waals surface area contributed by atoms with Crippen LogP contribution in [0.4, 0.5) is 0 Å². The molecule has 4 N–H and O–H groups in total. The van der Waals surface area contributed by atoms with E-state index < -0.39 is 23.7 Å². The molecule has 1 aromatic heterocycles. The van der Waals surface area contributed by atoms with Crippen LogP contribution < -0.4 is 15.4 Å². The maximum atomic E-state index is 13.4. The lowest BCUT2D eigenvalue weighted by atomic mass is 9.52. The summed E-state index contributed by atoms with van der Waals surface area (Å²) in [6.45, 7) is 7.49. The maximum absolute atomic E-state index is 13.4. The number of rotatable bonds is 9. The third-order valence-electron chi connectivity index (χ3n) is 7.32. The van der Waals surface area contributed by atoms with E-state index in [2.05, 4.69) is 15.7 Å². The third-order valence-corrected chi connectivity index (χ3v) is 7.32. The van der Waals surface area contributed by atoms with Crippen LogP contribution in [0, 0.1) is 23.7 Å². The fraction of sp³-hybridized carbons (Fsp3) is 0.720. The van der Waals surface area contributed by atoms with Crippen molar-refractivity contribution in [1.29, 1.82) is 0 Å². The molecule has 4 aliphatic carbocycles. The number of aromatic nitrogens is 2. The fourth-order valence-corrected chi connectivity index (χ4v) is 6.15. The van der Waals surface area contributed by atoms with E-state index in [1.165, 1.54) is 10.9 Å². The molecule has 4 aliphatic rings. The van der Waals surface area contributed by atoms with Crippen molar-refractivity contribution in [3.63, 3.8) is 0 Å². The van der Waals surface area contributed by atoms with Gasteiger partial charge in [-0.2, -0.15) is 5.10 Å². The minimum Gasteiger partial charge on any atom is -0.477 e. The van der Waals surface area contributed by atoms with Crippen LogP contribution in [-0.4, -0.2) is 62.2 Å². The summed E-state index contributed by atoms with van der Waals surface area (Å²) in [5.74, 6) is 1.12. The maximum Gasteiger partial charge on any atom is 0.258 e. The van der Waals surface area contributed by atoms with E-state index in [0.29, 0.717) is 35.8 Å². The summed E-state index contributed by atoms with van der Waals surface area (Å²) in [6, 6.07) is 0.0637. The van der Waals surface area contributed by atoms with Gasteiger partial charge in [0.1, 0.15) is 12.2 Å². The summed E-state index contributed by atoms with van der Waals surface area (Å²) in [5, 5.41) is 30.2. The molecule has 1 aromatic rings. The molecule has 0 saturated heterocycles. The van der Waals surface area contributed by atoms with Gasteiger partial charge in [-0.15, -0.1) is 0 Å². The van der Waals surface area contributed by atoms with E-state index in [4.69, 9.17) is 9.84 Å². The average Bonchev–Trinajstić information content (AvgIpc) is 3.14. The Kier molecular flexibility index (Phi) is 6.79. The first kappa shape index (κ1) is 24.7. The highest BCUT2D eigenvalue weighted by molar-refractivity contribution is 5.96. The first-order chi connectivity index (χ1) is 16.0. The number of nitrogens with zero attached hydrogens (tertiary/aromatic N) is 2. The number of ether oxygens (including phenoxy) is 1. The van der Waals surface area contributed by atoms with Gasteiger partial charge in [-0.3, -0.25) is 9.59 Å². The predicted molar refractivity (Wildman–Crippen MR) is 127 cm³/mol. The molecular weight excluding hydrogens is 436 g/mol. The lowest BCUT2D eigenvalue weighted by molar-refractivity contribution is -0.137. The fourth-order valence-electron chi connectivity index (χ4n) is 6.15. The topological polar surface area (TPSA) is 126 Å². The number of aliphatic hydroxyl groups excluding tert-OH is 1. The highest BCUT2D eigenvalue weighted by Crippen LogP contribution is 2.55. The summed E-state index contributed by atoms with van der Waals surface area (Å²) in [4.78, 5) is 24.9. The lowest BCUT2D eigenvalue weighted by Crippen LogP contribution is -2.61. The van der Waals surface area contributed by atoms with Crippen molar-refractivity contribution < 1.29 is 24.5 Å². The molecule has 9 heteroatoms. The molecule has 4 fully saturated rings. The van der Waals surface area contributed by atoms with E-state index >= 15 is 0 Å². The second-order valence-corrected chi connectivity index (χ2v) is 11.5. The highest BCUT2D eigenvalue weighted by Gasteiger charge is 2.55. The second kappa shape index (κ2) is 9.34. The molecule has 0 spiro atoms. The minimum absolute atomic E-state index is 0.0637. The molecule has 5 rings (SSSR count). The van der Waals surface area contributed by atoms with E-state index in [9.17, 15) is 14.7 Å². The van der Waals surface area contributed by atoms with Crippen molar-refractivity contribution in [1.82, 2.24) is 20.4 Å². The number of hydrogen-bond acceptors (Lipinski definition) is 6. The number of amides is 2. The van der Waals surface area contributed by atoms with E-state index in [0.717, 1.165) is 32.1 Å². The molecule has 2 atom stereocenters. The summed E-state index contributed by atoms with van der Waals surface area (Å²) >= 11 is 0. The van der Waals surface area contributed by atoms with Gasteiger partial charge in [0, 0.05) is 12.2 Å². The molecular formula is C25H38N4O5. The molecule has 188 valence electrons. The second-order valence-electron chi connectivity index (χ2n) is 11.5. The van der Waals surface area contributed by atoms with Gasteiger partial charge in [0.25, 0.3) is 5.91 Å². The Hall–Kier alpha value is -2.39. The van der Waals surface area contributed by atoms with E-state index in [1.54, 1.807) is 26.1 Å². The normalized spacial score (nSPS) is 30.2. The largest absolute Gasteiger partial charge is 0.477 e. The highest BCUT2D eigenvalue weighted by atomic mass is 16.5. The number of carbonyl (C=O) groups is 2. The van der Waals surface area contributed by atoms with Gasteiger partial charge in [-0.05, 0) is 75.7 Å². The van der Waals surface area contributed by atoms with Crippen molar-refractivity contribution in [2.24, 2.45) is 23.7 Å². The zero-order valence-corrected chi connectivity index (χ0v) is 20.6. The van der Waals surface area contributed by atoms with Crippen LogP contribution in [0.2, 0.25) is 0 Å². The molecule has 4 bridgehead atoms. The number of hydrogen-bond donors (Lipinski definition) is 4. The molecule has 9 nitrogen and oxygen atoms in total. The van der Waals surface area contributed by atoms with Crippen LogP contribution in [0.15, 0.2) is 12.3 Å². The summed E-state index contributed by atoms with van der Waals surface area (Å²) in [6.07, 6.45) is 9.46. The molecule has 0 aromatic carbocycles. The SMILES string of the molecule is CC(C)COc1c(C(=O)NC2C3CC4CC2CC(O)(C4)C3)cnn1/C=C/C(C)(C)NC(=O)CO. The van der Waals surface area contributed by atoms with Crippen molar-refractivity contribution >= 4 is 18.0 Å². The third kappa shape index (κ3) is 5.30. The van der Waals surface area contributed by atoms with Crippen LogP contribution in [-0.2, 0) is 4.79 Å². The van der Waals surface area contributed by atoms with Crippen LogP contribution in [0.3, 0.4) is 0 Å². The Morgan fingerprint density at radius 3 is 2.56 bits per heavy atom. The average molecular weight is 475 g/mol. The lowest BCUT2D eigenvalue weighted by Gasteiger charge is -2.58. The van der Waals surface area contributed by atoms with Crippen LogP contribution in [0.25, 0.3) is 6.20 Å². The van der Waals surface area contributed by atoms with Gasteiger partial charge in [0.2, 0.25) is 11.8 Å². The first-order valence-electron chi connectivity index (χ1n) is 12.3. The zero-order chi connectivity index (χ0) is 24.7. The monoisotopic (exact) mass is 474 g/mol. The quantitative estimate of drug-likeness (QED) is 0.433. The zero-order valence-electron chi connectivity index (χ0n) is 20.6. The smallest absolute Gasteiger partial charge is 0.258 e. The van der Waals surface area contributed by atoms with Crippen molar-refractivity contribution in [2.45, 2.75) is 77.0 Å². The molecule has 4 saturated carbocycles. The van der Waals surface area contributed by atoms with E-state index in [-0.39, 0.29) is 17.9 Å². The summed E-state index contributed by atoms with van der Waals surface area (Å²) < 4.78 is 7.51. The Morgan fingerprint density at radius 1 is 1.29 bits per heavy atom. The Bertz CT molecular complexity index is 937. The molecule has 0 radical (unpaired) electrons. The standard InChI is InChI=1S/C25H38N4O5/c1-15(2)14-34-23-19(12-26-29(23)6-5-24(3,4)28-20(31)13-30)22(32)27-21-17-7-16-8-18(21)11-25(33,9-16)10-17/h5-6,12,15-18,21,30,33H,7-11,13-14H2,1-4H3,(H,27,32)(H,28,31)/b6-5+. The molecule has 2 amide bonds. The molecule has 1 heterocycles. The van der Waals surface area contributed by atoms with Crippen molar-refractivity contribution in [3.8, 4) is 5.88 Å². The molecule has 0 aliphatic heterocycles. The van der Waals surface area contributed by atoms with Gasteiger partial charge >= 0.3 is 0 Å². The first-order valence-corrected chi connectivity index (χ1v) is 12.3. The van der Waals surface area contributed by atoms with Crippen LogP contribution >= 0.6 is 0 Å². The number of nitrogens with one attached hydrogen (secondary N) is 2. The van der Waals surface area contributed by atoms with Crippen molar-refractivity contribution in [2.75, 3.05) is 13.2 Å². The van der Waals surface area contributed by atoms with Gasteiger partial charge in [0.15, 0.2) is 0 Å². The predicted octanol–water partition coefficient (Wildman–Crippen LogP) is 1.95. The van der Waals surface area contributed by atoms with Gasteiger partial charge < -0.3 is 25.6 Å². The van der Waals surface area contributed by atoms with Gasteiger partial charge in [-0.25, -0.2) is 4.68 Å². The Balaban J connectivity index is 1.52. The Labute approximate surface area is 200 Å². The minimum atomic E-state index is -0.732. The van der Waals surface area contributed by atoms with Crippen LogP contribution in [0.1, 0.15) is 70.2 Å². The summed E-state index contributed by atoms with van der Waals surface area (Å²) in [5.41, 5.74) is -0.906. The molecule has 2 unspecified atom stereocenters.